The molecular weight excluding hydrogens is 448 g/mol. The molecule has 8 heteroatoms. The van der Waals surface area contributed by atoms with E-state index in [-0.39, 0.29) is 19.1 Å². The number of rotatable bonds is 9. The molecule has 0 fully saturated rings. The van der Waals surface area contributed by atoms with E-state index in [0.29, 0.717) is 33.8 Å². The monoisotopic (exact) mass is 474 g/mol. The molecule has 180 valence electrons. The molecule has 0 saturated heterocycles. The summed E-state index contributed by atoms with van der Waals surface area (Å²) in [6.45, 7) is 4.02. The Hall–Kier alpha value is -4.46. The predicted molar refractivity (Wildman–Crippen MR) is 133 cm³/mol. The van der Waals surface area contributed by atoms with E-state index >= 15 is 0 Å². The molecular formula is C27H26N2O6. The first-order valence-electron chi connectivity index (χ1n) is 11.0. The van der Waals surface area contributed by atoms with E-state index in [0.717, 1.165) is 0 Å². The average Bonchev–Trinajstić information content (AvgIpc) is 2.89. The van der Waals surface area contributed by atoms with Gasteiger partial charge in [-0.1, -0.05) is 12.1 Å². The number of hydrogen-bond donors (Lipinski definition) is 0. The maximum atomic E-state index is 13.5. The van der Waals surface area contributed by atoms with Crippen LogP contribution in [0.4, 0.5) is 11.4 Å². The Morgan fingerprint density at radius 2 is 1.34 bits per heavy atom. The Labute approximate surface area is 203 Å². The number of ether oxygens (including phenoxy) is 3. The third kappa shape index (κ3) is 6.32. The zero-order valence-electron chi connectivity index (χ0n) is 19.8. The van der Waals surface area contributed by atoms with Crippen LogP contribution in [0.5, 0.6) is 5.75 Å². The predicted octanol–water partition coefficient (Wildman–Crippen LogP) is 5.06. The van der Waals surface area contributed by atoms with Gasteiger partial charge in [-0.2, -0.15) is 0 Å². The Morgan fingerprint density at radius 3 is 1.89 bits per heavy atom. The second-order valence-corrected chi connectivity index (χ2v) is 7.15. The lowest BCUT2D eigenvalue weighted by Gasteiger charge is -2.19. The normalized spacial score (nSPS) is 10.6. The standard InChI is InChI=1S/C27H26N2O6/c1-4-34-26(31)19-10-14-21(15-11-19)28-18-29(25(30)23-8-6-7-9-24(23)33-3)22-16-12-20(13-17-22)27(32)35-5-2/h6-18H,4-5H2,1-3H3. The molecule has 3 aromatic carbocycles. The fourth-order valence-electron chi connectivity index (χ4n) is 3.18. The van der Waals surface area contributed by atoms with Crippen molar-refractivity contribution >= 4 is 35.6 Å². The lowest BCUT2D eigenvalue weighted by molar-refractivity contribution is 0.0517. The van der Waals surface area contributed by atoms with Gasteiger partial charge < -0.3 is 14.2 Å². The zero-order valence-corrected chi connectivity index (χ0v) is 19.8. The summed E-state index contributed by atoms with van der Waals surface area (Å²) in [5, 5.41) is 0. The second kappa shape index (κ2) is 12.1. The van der Waals surface area contributed by atoms with Crippen LogP contribution in [0.2, 0.25) is 0 Å². The van der Waals surface area contributed by atoms with Gasteiger partial charge in [-0.15, -0.1) is 0 Å². The molecule has 0 aliphatic rings. The number of amides is 1. The van der Waals surface area contributed by atoms with Crippen LogP contribution < -0.4 is 9.64 Å². The van der Waals surface area contributed by atoms with Crippen molar-refractivity contribution in [3.8, 4) is 5.75 Å². The minimum atomic E-state index is -0.447. The molecule has 3 rings (SSSR count). The van der Waals surface area contributed by atoms with Crippen LogP contribution in [0.25, 0.3) is 0 Å². The molecule has 0 aliphatic carbocycles. The molecule has 0 bridgehead atoms. The first-order chi connectivity index (χ1) is 17.0. The van der Waals surface area contributed by atoms with Crippen molar-refractivity contribution in [2.45, 2.75) is 13.8 Å². The largest absolute Gasteiger partial charge is 0.496 e. The number of benzene rings is 3. The van der Waals surface area contributed by atoms with Crippen molar-refractivity contribution in [2.75, 3.05) is 25.2 Å². The van der Waals surface area contributed by atoms with E-state index < -0.39 is 11.9 Å². The van der Waals surface area contributed by atoms with E-state index in [4.69, 9.17) is 14.2 Å². The van der Waals surface area contributed by atoms with Crippen LogP contribution in [-0.2, 0) is 9.47 Å². The molecule has 0 spiro atoms. The third-order valence-electron chi connectivity index (χ3n) is 4.91. The van der Waals surface area contributed by atoms with E-state index in [9.17, 15) is 14.4 Å². The van der Waals surface area contributed by atoms with Crippen molar-refractivity contribution < 1.29 is 28.6 Å². The van der Waals surface area contributed by atoms with Crippen LogP contribution in [0.3, 0.4) is 0 Å². The summed E-state index contributed by atoms with van der Waals surface area (Å²) in [4.78, 5) is 43.1. The SMILES string of the molecule is CCOC(=O)c1ccc(N=CN(C(=O)c2ccccc2OC)c2ccc(C(=O)OCC)cc2)cc1. The fourth-order valence-corrected chi connectivity index (χ4v) is 3.18. The Bertz CT molecular complexity index is 1200. The highest BCUT2D eigenvalue weighted by molar-refractivity contribution is 6.18. The molecule has 0 aliphatic heterocycles. The zero-order chi connectivity index (χ0) is 25.2. The number of esters is 2. The van der Waals surface area contributed by atoms with Gasteiger partial charge in [0, 0.05) is 0 Å². The van der Waals surface area contributed by atoms with E-state index in [2.05, 4.69) is 4.99 Å². The van der Waals surface area contributed by atoms with Crippen molar-refractivity contribution in [3.05, 3.63) is 89.5 Å². The van der Waals surface area contributed by atoms with Gasteiger partial charge in [0.2, 0.25) is 0 Å². The van der Waals surface area contributed by atoms with Crippen LogP contribution in [0.15, 0.2) is 77.8 Å². The van der Waals surface area contributed by atoms with Gasteiger partial charge in [-0.3, -0.25) is 9.69 Å². The van der Waals surface area contributed by atoms with E-state index in [1.165, 1.54) is 18.3 Å². The van der Waals surface area contributed by atoms with Gasteiger partial charge in [0.25, 0.3) is 5.91 Å². The van der Waals surface area contributed by atoms with E-state index in [1.54, 1.807) is 86.6 Å². The van der Waals surface area contributed by atoms with Gasteiger partial charge in [-0.05, 0) is 74.5 Å². The number of anilines is 1. The highest BCUT2D eigenvalue weighted by Gasteiger charge is 2.20. The molecule has 8 nitrogen and oxygen atoms in total. The summed E-state index contributed by atoms with van der Waals surface area (Å²) in [6.07, 6.45) is 1.38. The highest BCUT2D eigenvalue weighted by atomic mass is 16.5. The van der Waals surface area contributed by atoms with Crippen LogP contribution in [-0.4, -0.2) is 44.5 Å². The maximum Gasteiger partial charge on any atom is 0.338 e. The number of para-hydroxylation sites is 1. The van der Waals surface area contributed by atoms with Crippen molar-refractivity contribution in [1.82, 2.24) is 0 Å². The fraction of sp³-hybridized carbons (Fsp3) is 0.185. The molecule has 1 amide bonds. The number of methoxy groups -OCH3 is 1. The first kappa shape index (κ1) is 25.2. The second-order valence-electron chi connectivity index (χ2n) is 7.15. The minimum Gasteiger partial charge on any atom is -0.496 e. The summed E-state index contributed by atoms with van der Waals surface area (Å²) >= 11 is 0. The van der Waals surface area contributed by atoms with E-state index in [1.807, 2.05) is 0 Å². The Morgan fingerprint density at radius 1 is 0.800 bits per heavy atom. The summed E-state index contributed by atoms with van der Waals surface area (Å²) in [6, 6.07) is 19.8. The maximum absolute atomic E-state index is 13.5. The molecule has 0 aromatic heterocycles. The van der Waals surface area contributed by atoms with Gasteiger partial charge in [0.15, 0.2) is 0 Å². The quantitative estimate of drug-likeness (QED) is 0.245. The van der Waals surface area contributed by atoms with Crippen molar-refractivity contribution in [2.24, 2.45) is 4.99 Å². The molecule has 0 N–H and O–H groups in total. The molecule has 0 atom stereocenters. The van der Waals surface area contributed by atoms with Crippen molar-refractivity contribution in [1.29, 1.82) is 0 Å². The molecule has 0 radical (unpaired) electrons. The van der Waals surface area contributed by atoms with Gasteiger partial charge in [0.1, 0.15) is 12.1 Å². The third-order valence-corrected chi connectivity index (χ3v) is 4.91. The average molecular weight is 475 g/mol. The van der Waals surface area contributed by atoms with Crippen LogP contribution in [0, 0.1) is 0 Å². The number of carbonyl (C=O) groups is 3. The Kier molecular flexibility index (Phi) is 8.72. The number of hydrogen-bond acceptors (Lipinski definition) is 7. The molecule has 35 heavy (non-hydrogen) atoms. The van der Waals surface area contributed by atoms with Gasteiger partial charge in [0.05, 0.1) is 48.4 Å². The summed E-state index contributed by atoms with van der Waals surface area (Å²) < 4.78 is 15.4. The summed E-state index contributed by atoms with van der Waals surface area (Å²) in [5.74, 6) is -0.828. The number of aliphatic imine (C=N–C) groups is 1. The summed E-state index contributed by atoms with van der Waals surface area (Å²) in [5.41, 5.74) is 2.13. The molecule has 3 aromatic rings. The Balaban J connectivity index is 1.94. The molecule has 0 saturated carbocycles. The topological polar surface area (TPSA) is 94.5 Å². The number of carbonyl (C=O) groups excluding carboxylic acids is 3. The smallest absolute Gasteiger partial charge is 0.338 e. The van der Waals surface area contributed by atoms with Crippen LogP contribution in [0.1, 0.15) is 44.9 Å². The lowest BCUT2D eigenvalue weighted by Crippen LogP contribution is -2.29. The molecule has 0 unspecified atom stereocenters. The minimum absolute atomic E-state index is 0.264. The van der Waals surface area contributed by atoms with Gasteiger partial charge >= 0.3 is 11.9 Å². The lowest BCUT2D eigenvalue weighted by atomic mass is 10.1. The highest BCUT2D eigenvalue weighted by Crippen LogP contribution is 2.24. The van der Waals surface area contributed by atoms with Gasteiger partial charge in [-0.25, -0.2) is 14.6 Å². The first-order valence-corrected chi connectivity index (χ1v) is 11.0. The van der Waals surface area contributed by atoms with Crippen LogP contribution >= 0.6 is 0 Å². The van der Waals surface area contributed by atoms with Crippen molar-refractivity contribution in [3.63, 3.8) is 0 Å². The molecule has 0 heterocycles. The summed E-state index contributed by atoms with van der Waals surface area (Å²) in [7, 11) is 1.49. The number of nitrogens with zero attached hydrogens (tertiary/aromatic N) is 2.